The van der Waals surface area contributed by atoms with Crippen molar-refractivity contribution in [3.05, 3.63) is 47.4 Å². The highest BCUT2D eigenvalue weighted by molar-refractivity contribution is 5.80. The maximum Gasteiger partial charge on any atom is 0.223 e. The fourth-order valence-corrected chi connectivity index (χ4v) is 4.09. The molecule has 1 aliphatic heterocycles. The number of carbonyl (C=O) groups is 1. The quantitative estimate of drug-likeness (QED) is 0.926. The van der Waals surface area contributed by atoms with Gasteiger partial charge in [-0.1, -0.05) is 31.0 Å². The average Bonchev–Trinajstić information content (AvgIpc) is 3.05. The third-order valence-corrected chi connectivity index (χ3v) is 5.42. The van der Waals surface area contributed by atoms with Crippen molar-refractivity contribution in [2.45, 2.75) is 51.0 Å². The molecule has 1 N–H and O–H groups in total. The van der Waals surface area contributed by atoms with Crippen LogP contribution in [0, 0.1) is 17.7 Å². The summed E-state index contributed by atoms with van der Waals surface area (Å²) in [4.78, 5) is 12.3. The van der Waals surface area contributed by atoms with Crippen LogP contribution in [-0.4, -0.2) is 22.1 Å². The molecule has 0 spiro atoms. The van der Waals surface area contributed by atoms with Crippen LogP contribution in [-0.2, 0) is 17.6 Å². The van der Waals surface area contributed by atoms with Crippen molar-refractivity contribution >= 4 is 5.91 Å². The summed E-state index contributed by atoms with van der Waals surface area (Å²) in [6, 6.07) is 6.90. The van der Waals surface area contributed by atoms with Crippen molar-refractivity contribution in [2.75, 3.05) is 0 Å². The standard InChI is InChI=1S/C19H22FN3O2/c20-15-7-3-1-5-12(15)10-17-22-23-18(25-17)11-14-9-13-6-2-4-8-16(13)21-19(14)24/h1,3,5,7,13-14,16H,2,4,6,8-11H2,(H,21,24). The van der Waals surface area contributed by atoms with Gasteiger partial charge in [0.05, 0.1) is 6.42 Å². The second kappa shape index (κ2) is 6.94. The fraction of sp³-hybridized carbons (Fsp3) is 0.526. The van der Waals surface area contributed by atoms with Gasteiger partial charge in [0, 0.05) is 18.4 Å². The van der Waals surface area contributed by atoms with Gasteiger partial charge in [0.25, 0.3) is 0 Å². The highest BCUT2D eigenvalue weighted by Crippen LogP contribution is 2.34. The molecule has 2 aliphatic rings. The van der Waals surface area contributed by atoms with Crippen LogP contribution < -0.4 is 5.32 Å². The molecule has 6 heteroatoms. The molecule has 1 saturated carbocycles. The lowest BCUT2D eigenvalue weighted by molar-refractivity contribution is -0.130. The van der Waals surface area contributed by atoms with E-state index in [0.29, 0.717) is 35.7 Å². The first-order valence-electron chi connectivity index (χ1n) is 9.04. The van der Waals surface area contributed by atoms with Crippen LogP contribution in [0.25, 0.3) is 0 Å². The smallest absolute Gasteiger partial charge is 0.223 e. The van der Waals surface area contributed by atoms with Gasteiger partial charge in [0.15, 0.2) is 0 Å². The third kappa shape index (κ3) is 3.57. The number of aromatic nitrogens is 2. The fourth-order valence-electron chi connectivity index (χ4n) is 4.09. The molecule has 0 bridgehead atoms. The Bertz CT molecular complexity index is 761. The van der Waals surface area contributed by atoms with E-state index in [1.54, 1.807) is 18.2 Å². The Morgan fingerprint density at radius 3 is 2.84 bits per heavy atom. The maximum absolute atomic E-state index is 13.7. The van der Waals surface area contributed by atoms with Crippen LogP contribution in [0.3, 0.4) is 0 Å². The molecule has 4 rings (SSSR count). The second-order valence-electron chi connectivity index (χ2n) is 7.15. The van der Waals surface area contributed by atoms with Crippen molar-refractivity contribution < 1.29 is 13.6 Å². The summed E-state index contributed by atoms with van der Waals surface area (Å²) in [6.07, 6.45) is 6.34. The van der Waals surface area contributed by atoms with Crippen molar-refractivity contribution in [3.63, 3.8) is 0 Å². The highest BCUT2D eigenvalue weighted by atomic mass is 19.1. The Labute approximate surface area is 146 Å². The third-order valence-electron chi connectivity index (χ3n) is 5.42. The molecule has 132 valence electrons. The van der Waals surface area contributed by atoms with Crippen molar-refractivity contribution in [1.29, 1.82) is 0 Å². The number of hydrogen-bond donors (Lipinski definition) is 1. The molecule has 0 radical (unpaired) electrons. The minimum Gasteiger partial charge on any atom is -0.425 e. The summed E-state index contributed by atoms with van der Waals surface area (Å²) in [7, 11) is 0. The molecule has 5 nitrogen and oxygen atoms in total. The molecule has 1 aromatic carbocycles. The number of hydrogen-bond acceptors (Lipinski definition) is 4. The maximum atomic E-state index is 13.7. The number of piperidine rings is 1. The van der Waals surface area contributed by atoms with E-state index in [2.05, 4.69) is 15.5 Å². The average molecular weight is 343 g/mol. The molecular weight excluding hydrogens is 321 g/mol. The number of nitrogens with zero attached hydrogens (tertiary/aromatic N) is 2. The Morgan fingerprint density at radius 2 is 1.96 bits per heavy atom. The molecule has 3 unspecified atom stereocenters. The van der Waals surface area contributed by atoms with Crippen LogP contribution in [0.1, 0.15) is 49.4 Å². The molecular formula is C19H22FN3O2. The van der Waals surface area contributed by atoms with Gasteiger partial charge >= 0.3 is 0 Å². The summed E-state index contributed by atoms with van der Waals surface area (Å²) in [5.41, 5.74) is 0.526. The topological polar surface area (TPSA) is 68.0 Å². The zero-order chi connectivity index (χ0) is 17.2. The van der Waals surface area contributed by atoms with E-state index in [-0.39, 0.29) is 24.1 Å². The van der Waals surface area contributed by atoms with Crippen molar-refractivity contribution in [3.8, 4) is 0 Å². The predicted molar refractivity (Wildman–Crippen MR) is 89.2 cm³/mol. The Morgan fingerprint density at radius 1 is 1.16 bits per heavy atom. The Hall–Kier alpha value is -2.24. The van der Waals surface area contributed by atoms with E-state index in [9.17, 15) is 9.18 Å². The summed E-state index contributed by atoms with van der Waals surface area (Å²) in [5.74, 6) is 1.11. The molecule has 1 aromatic heterocycles. The summed E-state index contributed by atoms with van der Waals surface area (Å²) >= 11 is 0. The first kappa shape index (κ1) is 16.2. The Balaban J connectivity index is 1.41. The molecule has 2 fully saturated rings. The molecule has 25 heavy (non-hydrogen) atoms. The van der Waals surface area contributed by atoms with Crippen molar-refractivity contribution in [2.24, 2.45) is 11.8 Å². The number of rotatable bonds is 4. The number of halogens is 1. The van der Waals surface area contributed by atoms with Gasteiger partial charge in [-0.3, -0.25) is 4.79 Å². The minimum atomic E-state index is -0.280. The van der Waals surface area contributed by atoms with Gasteiger partial charge in [0.1, 0.15) is 5.82 Å². The van der Waals surface area contributed by atoms with Gasteiger partial charge < -0.3 is 9.73 Å². The van der Waals surface area contributed by atoms with Gasteiger partial charge in [-0.2, -0.15) is 0 Å². The minimum absolute atomic E-state index is 0.0944. The normalized spacial score (nSPS) is 26.1. The second-order valence-corrected chi connectivity index (χ2v) is 7.15. The first-order chi connectivity index (χ1) is 12.2. The zero-order valence-corrected chi connectivity index (χ0v) is 14.1. The lowest BCUT2D eigenvalue weighted by Gasteiger charge is -2.39. The van der Waals surface area contributed by atoms with E-state index < -0.39 is 0 Å². The van der Waals surface area contributed by atoms with E-state index in [1.807, 2.05) is 0 Å². The largest absolute Gasteiger partial charge is 0.425 e. The van der Waals surface area contributed by atoms with Crippen molar-refractivity contribution in [1.82, 2.24) is 15.5 Å². The molecule has 1 saturated heterocycles. The van der Waals surface area contributed by atoms with Crippen LogP contribution in [0.4, 0.5) is 4.39 Å². The van der Waals surface area contributed by atoms with Gasteiger partial charge in [-0.05, 0) is 36.8 Å². The van der Waals surface area contributed by atoms with Gasteiger partial charge in [-0.25, -0.2) is 4.39 Å². The van der Waals surface area contributed by atoms with Crippen LogP contribution in [0.2, 0.25) is 0 Å². The van der Waals surface area contributed by atoms with Gasteiger partial charge in [-0.15, -0.1) is 10.2 Å². The molecule has 3 atom stereocenters. The van der Waals surface area contributed by atoms with Crippen LogP contribution in [0.5, 0.6) is 0 Å². The SMILES string of the molecule is O=C1NC2CCCCC2CC1Cc1nnc(Cc2ccccc2F)o1. The summed E-state index contributed by atoms with van der Waals surface area (Å²) < 4.78 is 19.4. The van der Waals surface area contributed by atoms with Gasteiger partial charge in [0.2, 0.25) is 17.7 Å². The highest BCUT2D eigenvalue weighted by Gasteiger charge is 2.37. The number of nitrogens with one attached hydrogen (secondary N) is 1. The lowest BCUT2D eigenvalue weighted by atomic mass is 9.75. The van der Waals surface area contributed by atoms with E-state index in [0.717, 1.165) is 12.8 Å². The van der Waals surface area contributed by atoms with Crippen LogP contribution in [0.15, 0.2) is 28.7 Å². The summed E-state index contributed by atoms with van der Waals surface area (Å²) in [6.45, 7) is 0. The number of amides is 1. The number of fused-ring (bicyclic) bond motifs is 1. The molecule has 1 aliphatic carbocycles. The van der Waals surface area contributed by atoms with E-state index in [1.165, 1.54) is 25.3 Å². The van der Waals surface area contributed by atoms with E-state index >= 15 is 0 Å². The zero-order valence-electron chi connectivity index (χ0n) is 14.1. The first-order valence-corrected chi connectivity index (χ1v) is 9.04. The van der Waals surface area contributed by atoms with Crippen LogP contribution >= 0.6 is 0 Å². The predicted octanol–water partition coefficient (Wildman–Crippen LogP) is 3.04. The summed E-state index contributed by atoms with van der Waals surface area (Å²) in [5, 5.41) is 11.2. The van der Waals surface area contributed by atoms with E-state index in [4.69, 9.17) is 4.42 Å². The Kier molecular flexibility index (Phi) is 4.51. The molecule has 2 aromatic rings. The molecule has 1 amide bonds. The molecule has 2 heterocycles. The number of carbonyl (C=O) groups excluding carboxylic acids is 1. The number of benzene rings is 1. The monoisotopic (exact) mass is 343 g/mol. The lowest BCUT2D eigenvalue weighted by Crippen LogP contribution is -2.51.